The van der Waals surface area contributed by atoms with Crippen molar-refractivity contribution in [1.29, 1.82) is 0 Å². The molecule has 35 heavy (non-hydrogen) atoms. The number of carbonyl (C=O) groups is 2. The fourth-order valence-electron chi connectivity index (χ4n) is 6.22. The summed E-state index contributed by atoms with van der Waals surface area (Å²) in [6.07, 6.45) is 7.14. The zero-order valence-electron chi connectivity index (χ0n) is 22.3. The highest BCUT2D eigenvalue weighted by atomic mass is 16.5. The van der Waals surface area contributed by atoms with Crippen LogP contribution in [-0.2, 0) is 9.59 Å². The van der Waals surface area contributed by atoms with Crippen molar-refractivity contribution in [3.63, 3.8) is 0 Å². The number of nitrogens with zero attached hydrogens (tertiary/aromatic N) is 1. The number of allylic oxidation sites excluding steroid dienone is 4. The molecule has 190 valence electrons. The molecule has 0 bridgehead atoms. The number of phenolic OH excluding ortho intramolecular Hbond substituents is 1. The molecule has 0 atom stereocenters. The number of unbranched alkanes of at least 4 members (excludes halogenated alkanes) is 3. The molecule has 1 aromatic rings. The highest BCUT2D eigenvalue weighted by Gasteiger charge is 2.48. The van der Waals surface area contributed by atoms with Crippen molar-refractivity contribution >= 4 is 11.6 Å². The normalized spacial score (nSPS) is 21.8. The third-order valence-electron chi connectivity index (χ3n) is 7.79. The number of hydrogen-bond donors (Lipinski definition) is 1. The average molecular weight is 480 g/mol. The first-order chi connectivity index (χ1) is 16.5. The maximum absolute atomic E-state index is 13.8. The Kier molecular flexibility index (Phi) is 6.91. The van der Waals surface area contributed by atoms with Crippen molar-refractivity contribution in [2.45, 2.75) is 91.9 Å². The van der Waals surface area contributed by atoms with Gasteiger partial charge in [-0.2, -0.15) is 0 Å². The van der Waals surface area contributed by atoms with Gasteiger partial charge in [-0.15, -0.1) is 0 Å². The van der Waals surface area contributed by atoms with E-state index in [0.717, 1.165) is 60.3 Å². The number of phenols is 1. The number of carbonyl (C=O) groups excluding carboxylic acids is 2. The summed E-state index contributed by atoms with van der Waals surface area (Å²) in [7, 11) is 1.52. The fraction of sp³-hybridized carbons (Fsp3) is 0.600. The van der Waals surface area contributed by atoms with E-state index in [1.807, 2.05) is 6.07 Å². The summed E-state index contributed by atoms with van der Waals surface area (Å²) in [6, 6.07) is 5.25. The van der Waals surface area contributed by atoms with Crippen LogP contribution in [0.1, 0.15) is 97.5 Å². The number of ether oxygens (including phenoxy) is 1. The standard InChI is InChI=1S/C30H41NO4/c1-7-8-9-10-13-31-20-15-29(2,3)17-23(33)27(20)26(19-11-12-22(32)25(14-19)35-6)28-21(31)16-30(4,5)18-24(28)34/h11-12,14,26,32H,7-10,13,15-18H2,1-6H3. The molecule has 0 radical (unpaired) electrons. The van der Waals surface area contributed by atoms with E-state index in [2.05, 4.69) is 39.5 Å². The second kappa shape index (κ2) is 9.48. The van der Waals surface area contributed by atoms with Crippen LogP contribution < -0.4 is 4.74 Å². The zero-order chi connectivity index (χ0) is 25.5. The van der Waals surface area contributed by atoms with Gasteiger partial charge in [-0.3, -0.25) is 9.59 Å². The van der Waals surface area contributed by atoms with Gasteiger partial charge in [0.2, 0.25) is 0 Å². The van der Waals surface area contributed by atoms with Gasteiger partial charge in [0.05, 0.1) is 7.11 Å². The molecule has 0 unspecified atom stereocenters. The van der Waals surface area contributed by atoms with Gasteiger partial charge >= 0.3 is 0 Å². The second-order valence-electron chi connectivity index (χ2n) is 12.2. The highest BCUT2D eigenvalue weighted by Crippen LogP contribution is 2.54. The Labute approximate surface area is 210 Å². The number of methoxy groups -OCH3 is 1. The Morgan fingerprint density at radius 1 is 0.914 bits per heavy atom. The first-order valence-corrected chi connectivity index (χ1v) is 13.1. The van der Waals surface area contributed by atoms with Crippen LogP contribution in [-0.4, -0.2) is 35.2 Å². The lowest BCUT2D eigenvalue weighted by molar-refractivity contribution is -0.119. The first-order valence-electron chi connectivity index (χ1n) is 13.1. The lowest BCUT2D eigenvalue weighted by Gasteiger charge is -2.49. The van der Waals surface area contributed by atoms with E-state index < -0.39 is 5.92 Å². The number of benzene rings is 1. The molecule has 0 fully saturated rings. The summed E-state index contributed by atoms with van der Waals surface area (Å²) < 4.78 is 5.40. The van der Waals surface area contributed by atoms with Gasteiger partial charge in [-0.25, -0.2) is 0 Å². The molecule has 1 heterocycles. The highest BCUT2D eigenvalue weighted by molar-refractivity contribution is 6.06. The lowest BCUT2D eigenvalue weighted by Crippen LogP contribution is -2.44. The summed E-state index contributed by atoms with van der Waals surface area (Å²) in [5.41, 5.74) is 4.35. The van der Waals surface area contributed by atoms with Crippen LogP contribution in [0.4, 0.5) is 0 Å². The maximum Gasteiger partial charge on any atom is 0.162 e. The Morgan fingerprint density at radius 2 is 1.49 bits per heavy atom. The minimum Gasteiger partial charge on any atom is -0.504 e. The van der Waals surface area contributed by atoms with E-state index in [1.165, 1.54) is 20.0 Å². The average Bonchev–Trinajstić information content (AvgIpc) is 2.75. The fourth-order valence-corrected chi connectivity index (χ4v) is 6.22. The van der Waals surface area contributed by atoms with Crippen LogP contribution in [0.3, 0.4) is 0 Å². The second-order valence-corrected chi connectivity index (χ2v) is 12.2. The SMILES string of the molecule is CCCCCCN1C2=C(C(=O)CC(C)(C)C2)C(c2ccc(O)c(OC)c2)C2=C1CC(C)(C)CC2=O. The molecule has 0 aromatic heterocycles. The van der Waals surface area contributed by atoms with Crippen LogP contribution in [0.5, 0.6) is 11.5 Å². The van der Waals surface area contributed by atoms with E-state index in [4.69, 9.17) is 4.74 Å². The van der Waals surface area contributed by atoms with Crippen LogP contribution in [0.15, 0.2) is 40.7 Å². The number of ketones is 2. The molecule has 0 spiro atoms. The van der Waals surface area contributed by atoms with E-state index in [0.29, 0.717) is 18.6 Å². The Hall–Kier alpha value is -2.56. The number of rotatable bonds is 7. The van der Waals surface area contributed by atoms with Gasteiger partial charge in [0.1, 0.15) is 0 Å². The topological polar surface area (TPSA) is 66.8 Å². The van der Waals surface area contributed by atoms with Crippen LogP contribution in [0.2, 0.25) is 0 Å². The molecule has 1 N–H and O–H groups in total. The Balaban J connectivity index is 1.93. The summed E-state index contributed by atoms with van der Waals surface area (Å²) in [6.45, 7) is 11.7. The van der Waals surface area contributed by atoms with Gasteiger partial charge in [0.25, 0.3) is 0 Å². The molecular formula is C30H41NO4. The molecule has 3 aliphatic rings. The van der Waals surface area contributed by atoms with Crippen molar-refractivity contribution in [3.05, 3.63) is 46.3 Å². The number of hydrogen-bond acceptors (Lipinski definition) is 5. The third-order valence-corrected chi connectivity index (χ3v) is 7.79. The van der Waals surface area contributed by atoms with Crippen LogP contribution in [0, 0.1) is 10.8 Å². The van der Waals surface area contributed by atoms with Gasteiger partial charge in [0.15, 0.2) is 23.1 Å². The van der Waals surface area contributed by atoms with Crippen molar-refractivity contribution in [2.75, 3.05) is 13.7 Å². The summed E-state index contributed by atoms with van der Waals surface area (Å²) in [5, 5.41) is 10.2. The quantitative estimate of drug-likeness (QED) is 0.443. The molecule has 0 saturated heterocycles. The monoisotopic (exact) mass is 479 g/mol. The van der Waals surface area contributed by atoms with E-state index >= 15 is 0 Å². The molecular weight excluding hydrogens is 438 g/mol. The van der Waals surface area contributed by atoms with Crippen LogP contribution >= 0.6 is 0 Å². The molecule has 1 aromatic carbocycles. The Morgan fingerprint density at radius 3 is 2.00 bits per heavy atom. The lowest BCUT2D eigenvalue weighted by atomic mass is 9.63. The number of aromatic hydroxyl groups is 1. The summed E-state index contributed by atoms with van der Waals surface area (Å²) in [4.78, 5) is 29.9. The molecule has 5 nitrogen and oxygen atoms in total. The van der Waals surface area contributed by atoms with Gasteiger partial charge in [-0.1, -0.05) is 59.9 Å². The zero-order valence-corrected chi connectivity index (χ0v) is 22.3. The van der Waals surface area contributed by atoms with E-state index in [1.54, 1.807) is 12.1 Å². The minimum absolute atomic E-state index is 0.0558. The molecule has 2 aliphatic carbocycles. The van der Waals surface area contributed by atoms with E-state index in [9.17, 15) is 14.7 Å². The molecule has 5 heteroatoms. The molecule has 4 rings (SSSR count). The Bertz CT molecular complexity index is 1040. The molecule has 0 amide bonds. The van der Waals surface area contributed by atoms with Crippen molar-refractivity contribution in [2.24, 2.45) is 10.8 Å². The predicted molar refractivity (Wildman–Crippen MR) is 138 cm³/mol. The third kappa shape index (κ3) is 4.92. The van der Waals surface area contributed by atoms with Crippen molar-refractivity contribution < 1.29 is 19.4 Å². The summed E-state index contributed by atoms with van der Waals surface area (Å²) >= 11 is 0. The van der Waals surface area contributed by atoms with Gasteiger partial charge in [-0.05, 0) is 47.8 Å². The summed E-state index contributed by atoms with van der Waals surface area (Å²) in [5.74, 6) is 0.279. The van der Waals surface area contributed by atoms with Crippen molar-refractivity contribution in [1.82, 2.24) is 4.90 Å². The first kappa shape index (κ1) is 25.5. The number of Topliss-reactive ketones (excluding diaryl/α,β-unsaturated/α-hetero) is 2. The van der Waals surface area contributed by atoms with Crippen molar-refractivity contribution in [3.8, 4) is 11.5 Å². The van der Waals surface area contributed by atoms with Gasteiger partial charge < -0.3 is 14.7 Å². The largest absolute Gasteiger partial charge is 0.504 e. The van der Waals surface area contributed by atoms with E-state index in [-0.39, 0.29) is 28.1 Å². The van der Waals surface area contributed by atoms with Crippen LogP contribution in [0.25, 0.3) is 0 Å². The van der Waals surface area contributed by atoms with Gasteiger partial charge in [0, 0.05) is 47.8 Å². The molecule has 1 aliphatic heterocycles. The predicted octanol–water partition coefficient (Wildman–Crippen LogP) is 6.67. The minimum atomic E-state index is -0.409. The molecule has 0 saturated carbocycles. The maximum atomic E-state index is 13.8. The smallest absolute Gasteiger partial charge is 0.162 e.